The predicted octanol–water partition coefficient (Wildman–Crippen LogP) is 4.96. The van der Waals surface area contributed by atoms with Gasteiger partial charge in [-0.1, -0.05) is 30.9 Å². The summed E-state index contributed by atoms with van der Waals surface area (Å²) in [5.41, 5.74) is -0.829. The van der Waals surface area contributed by atoms with Crippen LogP contribution in [0.4, 0.5) is 18.0 Å². The van der Waals surface area contributed by atoms with E-state index in [4.69, 9.17) is 30.5 Å². The zero-order valence-electron chi connectivity index (χ0n) is 20.3. The van der Waals surface area contributed by atoms with Crippen LogP contribution in [0.15, 0.2) is 30.5 Å². The summed E-state index contributed by atoms with van der Waals surface area (Å²) in [5.74, 6) is -0.0173. The largest absolute Gasteiger partial charge is 0.491 e. The minimum absolute atomic E-state index is 0.00469. The quantitative estimate of drug-likeness (QED) is 0.357. The molecule has 0 atom stereocenters. The maximum Gasteiger partial charge on any atom is 0.422 e. The van der Waals surface area contributed by atoms with Crippen LogP contribution in [0.2, 0.25) is 5.02 Å². The molecule has 210 valence electrons. The van der Waals surface area contributed by atoms with Gasteiger partial charge in [0.05, 0.1) is 12.2 Å². The molecule has 15 heteroatoms. The number of carbonyl (C=O) groups excluding carboxylic acids is 1. The molecule has 1 aromatic carbocycles. The molecule has 1 aromatic heterocycles. The highest BCUT2D eigenvalue weighted by Crippen LogP contribution is 2.36. The average Bonchev–Trinajstić information content (AvgIpc) is 2.84. The van der Waals surface area contributed by atoms with Crippen molar-refractivity contribution in [2.45, 2.75) is 50.9 Å². The molecular formula is C23H27ClF3N3O7S. The zero-order chi connectivity index (χ0) is 27.8. The Bertz CT molecular complexity index is 1210. The molecule has 1 fully saturated rings. The lowest BCUT2D eigenvalue weighted by molar-refractivity contribution is -0.137. The maximum atomic E-state index is 12.9. The molecule has 1 amide bonds. The number of pyridine rings is 1. The summed E-state index contributed by atoms with van der Waals surface area (Å²) in [7, 11) is -2.65. The van der Waals surface area contributed by atoms with E-state index >= 15 is 0 Å². The van der Waals surface area contributed by atoms with E-state index in [1.807, 2.05) is 0 Å². The molecule has 1 aliphatic rings. The van der Waals surface area contributed by atoms with Gasteiger partial charge in [-0.25, -0.2) is 14.5 Å². The number of methoxy groups -OCH3 is 1. The number of carbonyl (C=O) groups is 1. The molecule has 1 saturated carbocycles. The van der Waals surface area contributed by atoms with Crippen molar-refractivity contribution in [2.24, 2.45) is 0 Å². The van der Waals surface area contributed by atoms with Crippen LogP contribution in [0.3, 0.4) is 0 Å². The van der Waals surface area contributed by atoms with E-state index in [0.29, 0.717) is 30.9 Å². The van der Waals surface area contributed by atoms with E-state index in [9.17, 15) is 26.4 Å². The molecule has 1 aliphatic carbocycles. The molecule has 0 bridgehead atoms. The fourth-order valence-corrected chi connectivity index (χ4v) is 4.81. The number of amides is 1. The smallest absolute Gasteiger partial charge is 0.422 e. The van der Waals surface area contributed by atoms with Crippen LogP contribution < -0.4 is 18.9 Å². The summed E-state index contributed by atoms with van der Waals surface area (Å²) in [4.78, 5) is 15.8. The van der Waals surface area contributed by atoms with Crippen LogP contribution in [0.5, 0.6) is 17.4 Å². The van der Waals surface area contributed by atoms with E-state index in [1.54, 1.807) is 4.72 Å². The third-order valence-corrected chi connectivity index (χ3v) is 6.79. The number of nitrogens with zero attached hydrogens (tertiary/aromatic N) is 1. The first-order chi connectivity index (χ1) is 18.0. The fraction of sp³-hybridized carbons (Fsp3) is 0.478. The second-order valence-electron chi connectivity index (χ2n) is 8.36. The Morgan fingerprint density at radius 3 is 2.55 bits per heavy atom. The minimum Gasteiger partial charge on any atom is -0.491 e. The van der Waals surface area contributed by atoms with Gasteiger partial charge in [0.2, 0.25) is 5.88 Å². The minimum atomic E-state index is -4.65. The Balaban J connectivity index is 1.72. The van der Waals surface area contributed by atoms with E-state index in [2.05, 4.69) is 9.71 Å². The molecule has 2 aromatic rings. The second-order valence-corrected chi connectivity index (χ2v) is 10.2. The molecule has 38 heavy (non-hydrogen) atoms. The van der Waals surface area contributed by atoms with Crippen molar-refractivity contribution in [1.29, 1.82) is 0 Å². The number of nitrogens with one attached hydrogen (secondary N) is 2. The van der Waals surface area contributed by atoms with Gasteiger partial charge in [0.25, 0.3) is 0 Å². The predicted molar refractivity (Wildman–Crippen MR) is 130 cm³/mol. The number of aromatic nitrogens is 1. The van der Waals surface area contributed by atoms with Crippen LogP contribution in [-0.4, -0.2) is 45.9 Å². The number of alkyl halides is 3. The van der Waals surface area contributed by atoms with Crippen molar-refractivity contribution in [3.63, 3.8) is 0 Å². The first kappa shape index (κ1) is 29.7. The molecule has 0 saturated heterocycles. The molecule has 2 N–H and O–H groups in total. The number of benzene rings is 1. The fourth-order valence-electron chi connectivity index (χ4n) is 3.59. The number of hydrogen-bond acceptors (Lipinski definition) is 8. The molecule has 10 nitrogen and oxygen atoms in total. The Labute approximate surface area is 222 Å². The van der Waals surface area contributed by atoms with Gasteiger partial charge in [0.1, 0.15) is 29.7 Å². The molecular weight excluding hydrogens is 555 g/mol. The lowest BCUT2D eigenvalue weighted by Gasteiger charge is -2.22. The van der Waals surface area contributed by atoms with Crippen molar-refractivity contribution in [3.05, 3.63) is 46.6 Å². The Morgan fingerprint density at radius 1 is 1.16 bits per heavy atom. The molecule has 0 unspecified atom stereocenters. The van der Waals surface area contributed by atoms with Crippen molar-refractivity contribution < 1.29 is 45.3 Å². The topological polar surface area (TPSA) is 125 Å². The Hall–Kier alpha value is -2.81. The highest BCUT2D eigenvalue weighted by molar-refractivity contribution is 7.88. The highest BCUT2D eigenvalue weighted by Gasteiger charge is 2.32. The normalized spacial score (nSPS) is 14.7. The first-order valence-corrected chi connectivity index (χ1v) is 13.4. The van der Waals surface area contributed by atoms with Gasteiger partial charge in [-0.3, -0.25) is 0 Å². The number of ether oxygens (including phenoxy) is 4. The van der Waals surface area contributed by atoms with Crippen molar-refractivity contribution in [3.8, 4) is 17.4 Å². The van der Waals surface area contributed by atoms with E-state index in [-0.39, 0.29) is 36.4 Å². The Morgan fingerprint density at radius 2 is 1.89 bits per heavy atom. The van der Waals surface area contributed by atoms with E-state index < -0.39 is 39.7 Å². The molecule has 0 aliphatic heterocycles. The van der Waals surface area contributed by atoms with Crippen LogP contribution in [0.1, 0.15) is 43.2 Å². The second kappa shape index (κ2) is 13.3. The van der Waals surface area contributed by atoms with Gasteiger partial charge >= 0.3 is 22.5 Å². The SMILES string of the molecule is COCCOc1ccc(COC(=O)NS(=O)(=O)NC2CCCCC2)c(Oc2ncc(C(F)(F)F)cc2Cl)c1. The number of rotatable bonds is 11. The highest BCUT2D eigenvalue weighted by atomic mass is 35.5. The maximum absolute atomic E-state index is 12.9. The van der Waals surface area contributed by atoms with Gasteiger partial charge in [0, 0.05) is 31.0 Å². The first-order valence-electron chi connectivity index (χ1n) is 11.6. The molecule has 0 radical (unpaired) electrons. The average molecular weight is 582 g/mol. The monoisotopic (exact) mass is 581 g/mol. The van der Waals surface area contributed by atoms with Gasteiger partial charge in [-0.05, 0) is 31.0 Å². The van der Waals surface area contributed by atoms with Gasteiger partial charge < -0.3 is 18.9 Å². The third kappa shape index (κ3) is 9.19. The van der Waals surface area contributed by atoms with Crippen molar-refractivity contribution >= 4 is 27.9 Å². The number of hydrogen-bond donors (Lipinski definition) is 2. The lowest BCUT2D eigenvalue weighted by atomic mass is 9.96. The number of halogens is 4. The summed E-state index contributed by atoms with van der Waals surface area (Å²) in [6, 6.07) is 4.79. The van der Waals surface area contributed by atoms with Crippen molar-refractivity contribution in [1.82, 2.24) is 14.4 Å². The van der Waals surface area contributed by atoms with Gasteiger partial charge in [-0.2, -0.15) is 26.3 Å². The zero-order valence-corrected chi connectivity index (χ0v) is 21.9. The van der Waals surface area contributed by atoms with Crippen LogP contribution in [0.25, 0.3) is 0 Å². The molecule has 3 rings (SSSR count). The Kier molecular flexibility index (Phi) is 10.4. The van der Waals surface area contributed by atoms with E-state index in [0.717, 1.165) is 19.3 Å². The lowest BCUT2D eigenvalue weighted by Crippen LogP contribution is -2.45. The van der Waals surface area contributed by atoms with Crippen LogP contribution in [-0.2, 0) is 32.5 Å². The summed E-state index contributed by atoms with van der Waals surface area (Å²) < 4.78 is 88.7. The van der Waals surface area contributed by atoms with Gasteiger partial charge in [0.15, 0.2) is 0 Å². The van der Waals surface area contributed by atoms with Crippen molar-refractivity contribution in [2.75, 3.05) is 20.3 Å². The van der Waals surface area contributed by atoms with Gasteiger partial charge in [-0.15, -0.1) is 0 Å². The summed E-state index contributed by atoms with van der Waals surface area (Å²) >= 11 is 5.96. The van der Waals surface area contributed by atoms with Crippen LogP contribution >= 0.6 is 11.6 Å². The summed E-state index contributed by atoms with van der Waals surface area (Å²) in [6.45, 7) is 0.0347. The molecule has 0 spiro atoms. The van der Waals surface area contributed by atoms with Crippen LogP contribution in [0, 0.1) is 0 Å². The van der Waals surface area contributed by atoms with E-state index in [1.165, 1.54) is 25.3 Å². The summed E-state index contributed by atoms with van der Waals surface area (Å²) in [5, 5.41) is -0.407. The standard InChI is InChI=1S/C23H27ClF3N3O7S/c1-34-9-10-35-18-8-7-15(14-36-22(31)30-38(32,33)29-17-5-3-2-4-6-17)20(12-18)37-21-19(24)11-16(13-28-21)23(25,26)27/h7-8,11-13,17,29H,2-6,9-10,14H2,1H3,(H,30,31). The third-order valence-electron chi connectivity index (χ3n) is 5.44. The molecule has 1 heterocycles. The summed E-state index contributed by atoms with van der Waals surface area (Å²) in [6.07, 6.45) is -1.15.